The summed E-state index contributed by atoms with van der Waals surface area (Å²) in [6, 6.07) is 8.36. The second-order valence-corrected chi connectivity index (χ2v) is 6.97. The number of aromatic nitrogens is 1. The Bertz CT molecular complexity index is 626. The molecule has 0 unspecified atom stereocenters. The van der Waals surface area contributed by atoms with E-state index in [9.17, 15) is 0 Å². The first kappa shape index (κ1) is 15.4. The fourth-order valence-corrected chi connectivity index (χ4v) is 3.99. The SMILES string of the molecule is C=CCNC(=S)N1CC[NH+](Cc2nc3ccccc3s2)CC1. The molecule has 2 N–H and O–H groups in total. The number of nitrogens with one attached hydrogen (secondary N) is 2. The number of benzene rings is 1. The average Bonchev–Trinajstić information content (AvgIpc) is 2.95. The van der Waals surface area contributed by atoms with Crippen LogP contribution in [-0.4, -0.2) is 47.7 Å². The summed E-state index contributed by atoms with van der Waals surface area (Å²) in [6.45, 7) is 9.66. The van der Waals surface area contributed by atoms with E-state index in [-0.39, 0.29) is 0 Å². The van der Waals surface area contributed by atoms with Crippen molar-refractivity contribution in [2.24, 2.45) is 0 Å². The molecule has 0 spiro atoms. The Labute approximate surface area is 140 Å². The van der Waals surface area contributed by atoms with Crippen molar-refractivity contribution in [2.75, 3.05) is 32.7 Å². The van der Waals surface area contributed by atoms with E-state index in [4.69, 9.17) is 17.2 Å². The van der Waals surface area contributed by atoms with Crippen molar-refractivity contribution < 1.29 is 4.90 Å². The molecular formula is C16H21N4S2+. The van der Waals surface area contributed by atoms with Gasteiger partial charge in [-0.15, -0.1) is 17.9 Å². The van der Waals surface area contributed by atoms with E-state index in [0.29, 0.717) is 0 Å². The lowest BCUT2D eigenvalue weighted by Gasteiger charge is -2.33. The van der Waals surface area contributed by atoms with Gasteiger partial charge < -0.3 is 15.1 Å². The number of piperazine rings is 1. The predicted octanol–water partition coefficient (Wildman–Crippen LogP) is 1.06. The van der Waals surface area contributed by atoms with E-state index in [1.165, 1.54) is 9.71 Å². The second-order valence-electron chi connectivity index (χ2n) is 5.46. The normalized spacial score (nSPS) is 15.9. The maximum absolute atomic E-state index is 5.40. The number of para-hydroxylation sites is 1. The number of hydrogen-bond donors (Lipinski definition) is 2. The van der Waals surface area contributed by atoms with Crippen molar-refractivity contribution in [1.82, 2.24) is 15.2 Å². The molecule has 1 fully saturated rings. The molecule has 6 heteroatoms. The van der Waals surface area contributed by atoms with Gasteiger partial charge in [0.15, 0.2) is 5.11 Å². The largest absolute Gasteiger partial charge is 0.359 e. The van der Waals surface area contributed by atoms with Crippen LogP contribution in [0.15, 0.2) is 36.9 Å². The quantitative estimate of drug-likeness (QED) is 0.647. The van der Waals surface area contributed by atoms with Crippen LogP contribution in [0.4, 0.5) is 0 Å². The Hall–Kier alpha value is -1.50. The molecule has 1 aliphatic heterocycles. The standard InChI is InChI=1S/C16H20N4S2/c1-2-7-17-16(21)20-10-8-19(9-11-20)12-15-18-13-5-3-4-6-14(13)22-15/h2-6H,1,7-12H2,(H,17,21)/p+1. The Morgan fingerprint density at radius 1 is 1.41 bits per heavy atom. The lowest BCUT2D eigenvalue weighted by molar-refractivity contribution is -0.917. The summed E-state index contributed by atoms with van der Waals surface area (Å²) in [7, 11) is 0. The van der Waals surface area contributed by atoms with Crippen LogP contribution in [0.2, 0.25) is 0 Å². The highest BCUT2D eigenvalue weighted by atomic mass is 32.1. The van der Waals surface area contributed by atoms with Crippen molar-refractivity contribution in [2.45, 2.75) is 6.54 Å². The summed E-state index contributed by atoms with van der Waals surface area (Å²) in [5, 5.41) is 5.28. The zero-order valence-electron chi connectivity index (χ0n) is 12.5. The van der Waals surface area contributed by atoms with Gasteiger partial charge in [0.25, 0.3) is 0 Å². The van der Waals surface area contributed by atoms with Crippen LogP contribution in [0.25, 0.3) is 10.2 Å². The lowest BCUT2D eigenvalue weighted by atomic mass is 10.3. The first-order valence-corrected chi connectivity index (χ1v) is 8.80. The van der Waals surface area contributed by atoms with Crippen LogP contribution in [0.5, 0.6) is 0 Å². The Morgan fingerprint density at radius 3 is 2.91 bits per heavy atom. The van der Waals surface area contributed by atoms with E-state index >= 15 is 0 Å². The van der Waals surface area contributed by atoms with E-state index in [1.54, 1.807) is 4.90 Å². The minimum Gasteiger partial charge on any atom is -0.359 e. The smallest absolute Gasteiger partial charge is 0.169 e. The Balaban J connectivity index is 1.53. The molecule has 22 heavy (non-hydrogen) atoms. The summed E-state index contributed by atoms with van der Waals surface area (Å²) in [5.74, 6) is 0. The summed E-state index contributed by atoms with van der Waals surface area (Å²) in [4.78, 5) is 8.57. The lowest BCUT2D eigenvalue weighted by Crippen LogP contribution is -3.13. The zero-order valence-corrected chi connectivity index (χ0v) is 14.2. The minimum atomic E-state index is 0.734. The molecule has 0 amide bonds. The Morgan fingerprint density at radius 2 is 2.18 bits per heavy atom. The van der Waals surface area contributed by atoms with Gasteiger partial charge in [0.1, 0.15) is 11.6 Å². The van der Waals surface area contributed by atoms with Crippen LogP contribution in [0.3, 0.4) is 0 Å². The monoisotopic (exact) mass is 333 g/mol. The predicted molar refractivity (Wildman–Crippen MR) is 96.4 cm³/mol. The van der Waals surface area contributed by atoms with Gasteiger partial charge in [-0.1, -0.05) is 18.2 Å². The van der Waals surface area contributed by atoms with Gasteiger partial charge in [-0.2, -0.15) is 0 Å². The molecule has 2 heterocycles. The molecule has 0 aliphatic carbocycles. The third kappa shape index (κ3) is 3.63. The van der Waals surface area contributed by atoms with Crippen molar-refractivity contribution in [3.8, 4) is 0 Å². The molecule has 0 atom stereocenters. The van der Waals surface area contributed by atoms with Gasteiger partial charge >= 0.3 is 0 Å². The average molecular weight is 334 g/mol. The Kier molecular flexibility index (Phi) is 5.02. The van der Waals surface area contributed by atoms with E-state index in [1.807, 2.05) is 17.4 Å². The molecule has 2 aromatic rings. The maximum atomic E-state index is 5.40. The highest BCUT2D eigenvalue weighted by molar-refractivity contribution is 7.80. The summed E-state index contributed by atoms with van der Waals surface area (Å²) in [5.41, 5.74) is 1.12. The van der Waals surface area contributed by atoms with E-state index in [2.05, 4.69) is 41.1 Å². The van der Waals surface area contributed by atoms with Crippen LogP contribution >= 0.6 is 23.6 Å². The number of rotatable bonds is 4. The van der Waals surface area contributed by atoms with Crippen LogP contribution in [-0.2, 0) is 6.54 Å². The molecule has 0 bridgehead atoms. The number of fused-ring (bicyclic) bond motifs is 1. The molecule has 116 valence electrons. The second kappa shape index (κ2) is 7.17. The molecule has 1 aliphatic rings. The molecule has 3 rings (SSSR count). The minimum absolute atomic E-state index is 0.734. The highest BCUT2D eigenvalue weighted by Crippen LogP contribution is 2.20. The number of thiazole rings is 1. The van der Waals surface area contributed by atoms with Gasteiger partial charge in [-0.25, -0.2) is 4.98 Å². The number of nitrogens with zero attached hydrogens (tertiary/aromatic N) is 2. The highest BCUT2D eigenvalue weighted by Gasteiger charge is 2.22. The molecule has 1 saturated heterocycles. The van der Waals surface area contributed by atoms with Crippen molar-refractivity contribution >= 4 is 38.9 Å². The summed E-state index contributed by atoms with van der Waals surface area (Å²) in [6.07, 6.45) is 1.83. The molecule has 1 aromatic heterocycles. The van der Waals surface area contributed by atoms with E-state index < -0.39 is 0 Å². The first-order valence-electron chi connectivity index (χ1n) is 7.58. The van der Waals surface area contributed by atoms with Crippen molar-refractivity contribution in [1.29, 1.82) is 0 Å². The molecular weight excluding hydrogens is 312 g/mol. The fourth-order valence-electron chi connectivity index (χ4n) is 2.68. The van der Waals surface area contributed by atoms with Crippen LogP contribution in [0, 0.1) is 0 Å². The third-order valence-electron chi connectivity index (χ3n) is 3.89. The van der Waals surface area contributed by atoms with Gasteiger partial charge in [0.2, 0.25) is 0 Å². The molecule has 4 nitrogen and oxygen atoms in total. The molecule has 1 aromatic carbocycles. The molecule has 0 radical (unpaired) electrons. The van der Waals surface area contributed by atoms with Crippen LogP contribution in [0.1, 0.15) is 5.01 Å². The van der Waals surface area contributed by atoms with Gasteiger partial charge in [0.05, 0.1) is 36.4 Å². The fraction of sp³-hybridized carbons (Fsp3) is 0.375. The van der Waals surface area contributed by atoms with Gasteiger partial charge in [-0.3, -0.25) is 0 Å². The van der Waals surface area contributed by atoms with Crippen molar-refractivity contribution in [3.63, 3.8) is 0 Å². The number of thiocarbonyl (C=S) groups is 1. The molecule has 0 saturated carbocycles. The van der Waals surface area contributed by atoms with Crippen molar-refractivity contribution in [3.05, 3.63) is 41.9 Å². The van der Waals surface area contributed by atoms with Crippen LogP contribution < -0.4 is 10.2 Å². The zero-order chi connectivity index (χ0) is 15.4. The maximum Gasteiger partial charge on any atom is 0.169 e. The van der Waals surface area contributed by atoms with Gasteiger partial charge in [0, 0.05) is 6.54 Å². The summed E-state index contributed by atoms with van der Waals surface area (Å²) < 4.78 is 1.28. The first-order chi connectivity index (χ1) is 10.8. The third-order valence-corrected chi connectivity index (χ3v) is 5.33. The van der Waals surface area contributed by atoms with Gasteiger partial charge in [-0.05, 0) is 24.4 Å². The summed E-state index contributed by atoms with van der Waals surface area (Å²) >= 11 is 7.21. The topological polar surface area (TPSA) is 32.6 Å². The number of quaternary nitrogens is 1. The number of hydrogen-bond acceptors (Lipinski definition) is 3. The van der Waals surface area contributed by atoms with E-state index in [0.717, 1.165) is 49.9 Å².